The van der Waals surface area contributed by atoms with Crippen molar-refractivity contribution in [2.24, 2.45) is 5.73 Å². The summed E-state index contributed by atoms with van der Waals surface area (Å²) in [6, 6.07) is 3.15. The van der Waals surface area contributed by atoms with Crippen LogP contribution in [0.5, 0.6) is 0 Å². The van der Waals surface area contributed by atoms with Crippen molar-refractivity contribution in [3.8, 4) is 0 Å². The van der Waals surface area contributed by atoms with E-state index in [-0.39, 0.29) is 25.2 Å². The number of carbonyl (C=O) groups excluding carboxylic acids is 3. The van der Waals surface area contributed by atoms with Gasteiger partial charge in [0.25, 0.3) is 0 Å². The number of rotatable bonds is 9. The number of nitrogens with one attached hydrogen (secondary N) is 1. The van der Waals surface area contributed by atoms with Gasteiger partial charge in [-0.05, 0) is 71.4 Å². The van der Waals surface area contributed by atoms with Gasteiger partial charge < -0.3 is 20.5 Å². The fourth-order valence-electron chi connectivity index (χ4n) is 3.35. The van der Waals surface area contributed by atoms with Gasteiger partial charge in [-0.2, -0.15) is 0 Å². The molecule has 0 spiro atoms. The number of fused-ring (bicyclic) bond motifs is 1. The SMILES string of the molecule is CCOC(=O)C(N)CNC(=O)CCCCc1ccc2c(n1)N(C(=O)OC(C)(C)C)CCC2. The van der Waals surface area contributed by atoms with E-state index in [4.69, 9.17) is 20.2 Å². The van der Waals surface area contributed by atoms with Gasteiger partial charge in [0.05, 0.1) is 6.61 Å². The molecule has 32 heavy (non-hydrogen) atoms. The van der Waals surface area contributed by atoms with E-state index in [1.165, 1.54) is 0 Å². The number of nitrogens with zero attached hydrogens (tertiary/aromatic N) is 2. The molecule has 9 nitrogen and oxygen atoms in total. The van der Waals surface area contributed by atoms with Crippen molar-refractivity contribution in [3.63, 3.8) is 0 Å². The normalized spacial score (nSPS) is 14.3. The molecule has 0 aliphatic carbocycles. The molecule has 0 bridgehead atoms. The highest BCUT2D eigenvalue weighted by molar-refractivity contribution is 5.88. The van der Waals surface area contributed by atoms with Crippen LogP contribution in [0.4, 0.5) is 10.6 Å². The number of aryl methyl sites for hydroxylation is 2. The zero-order chi connectivity index (χ0) is 23.7. The first-order valence-electron chi connectivity index (χ1n) is 11.3. The summed E-state index contributed by atoms with van der Waals surface area (Å²) in [5.74, 6) is -0.000319. The number of anilines is 1. The van der Waals surface area contributed by atoms with Gasteiger partial charge in [-0.25, -0.2) is 9.78 Å². The van der Waals surface area contributed by atoms with E-state index in [2.05, 4.69) is 5.32 Å². The third-order valence-electron chi connectivity index (χ3n) is 4.91. The monoisotopic (exact) mass is 448 g/mol. The Morgan fingerprint density at radius 1 is 1.25 bits per heavy atom. The lowest BCUT2D eigenvalue weighted by Crippen LogP contribution is -2.43. The van der Waals surface area contributed by atoms with E-state index in [1.54, 1.807) is 11.8 Å². The molecule has 0 aromatic carbocycles. The second-order valence-electron chi connectivity index (χ2n) is 8.89. The van der Waals surface area contributed by atoms with Crippen molar-refractivity contribution < 1.29 is 23.9 Å². The molecular formula is C23H36N4O5. The summed E-state index contributed by atoms with van der Waals surface area (Å²) in [4.78, 5) is 42.4. The number of ether oxygens (including phenoxy) is 2. The Hall–Kier alpha value is -2.68. The number of amides is 2. The lowest BCUT2D eigenvalue weighted by Gasteiger charge is -2.31. The summed E-state index contributed by atoms with van der Waals surface area (Å²) in [7, 11) is 0. The summed E-state index contributed by atoms with van der Waals surface area (Å²) < 4.78 is 10.3. The van der Waals surface area contributed by atoms with Crippen molar-refractivity contribution in [3.05, 3.63) is 23.4 Å². The van der Waals surface area contributed by atoms with Crippen molar-refractivity contribution in [2.45, 2.75) is 77.9 Å². The van der Waals surface area contributed by atoms with Crippen LogP contribution in [-0.2, 0) is 31.9 Å². The van der Waals surface area contributed by atoms with Gasteiger partial charge in [-0.15, -0.1) is 0 Å². The predicted octanol–water partition coefficient (Wildman–Crippen LogP) is 2.49. The number of unbranched alkanes of at least 4 members (excludes halogenated alkanes) is 1. The Labute approximate surface area is 190 Å². The summed E-state index contributed by atoms with van der Waals surface area (Å²) in [5, 5.41) is 2.66. The zero-order valence-corrected chi connectivity index (χ0v) is 19.6. The first-order chi connectivity index (χ1) is 15.1. The molecule has 1 aromatic rings. The highest BCUT2D eigenvalue weighted by atomic mass is 16.6. The molecule has 0 saturated carbocycles. The largest absolute Gasteiger partial charge is 0.465 e. The molecule has 2 rings (SSSR count). The second kappa shape index (κ2) is 11.8. The number of hydrogen-bond acceptors (Lipinski definition) is 7. The Morgan fingerprint density at radius 3 is 2.69 bits per heavy atom. The minimum absolute atomic E-state index is 0.0601. The molecule has 9 heteroatoms. The van der Waals surface area contributed by atoms with Gasteiger partial charge in [0.15, 0.2) is 0 Å². The van der Waals surface area contributed by atoms with Gasteiger partial charge in [0, 0.05) is 25.2 Å². The minimum atomic E-state index is -0.855. The second-order valence-corrected chi connectivity index (χ2v) is 8.89. The third-order valence-corrected chi connectivity index (χ3v) is 4.91. The summed E-state index contributed by atoms with van der Waals surface area (Å²) in [6.07, 6.45) is 3.87. The maximum absolute atomic E-state index is 12.6. The highest BCUT2D eigenvalue weighted by Gasteiger charge is 2.28. The zero-order valence-electron chi connectivity index (χ0n) is 19.6. The maximum atomic E-state index is 12.6. The van der Waals surface area contributed by atoms with Gasteiger partial charge in [-0.3, -0.25) is 14.5 Å². The van der Waals surface area contributed by atoms with E-state index in [0.717, 1.165) is 30.5 Å². The van der Waals surface area contributed by atoms with E-state index in [0.29, 0.717) is 31.6 Å². The molecule has 2 heterocycles. The third kappa shape index (κ3) is 8.11. The number of nitrogens with two attached hydrogens (primary N) is 1. The van der Waals surface area contributed by atoms with Crippen LogP contribution in [0.15, 0.2) is 12.1 Å². The number of aromatic nitrogens is 1. The van der Waals surface area contributed by atoms with Crippen molar-refractivity contribution in [1.82, 2.24) is 10.3 Å². The molecule has 1 aromatic heterocycles. The lowest BCUT2D eigenvalue weighted by atomic mass is 10.0. The topological polar surface area (TPSA) is 124 Å². The molecule has 1 aliphatic heterocycles. The standard InChI is InChI=1S/C23H36N4O5/c1-5-31-21(29)18(24)15-25-19(28)11-7-6-10-17-13-12-16-9-8-14-27(20(16)26-17)22(30)32-23(2,3)4/h12-13,18H,5-11,14-15,24H2,1-4H3,(H,25,28). The Bertz CT molecular complexity index is 806. The molecule has 178 valence electrons. The molecule has 0 fully saturated rings. The molecule has 1 atom stereocenters. The van der Waals surface area contributed by atoms with Crippen LogP contribution in [0.25, 0.3) is 0 Å². The molecule has 1 unspecified atom stereocenters. The molecule has 0 saturated heterocycles. The first-order valence-corrected chi connectivity index (χ1v) is 11.3. The molecule has 1 aliphatic rings. The summed E-state index contributed by atoms with van der Waals surface area (Å²) in [5.41, 5.74) is 7.03. The molecule has 2 amide bonds. The number of hydrogen-bond donors (Lipinski definition) is 2. The average Bonchev–Trinajstić information content (AvgIpc) is 2.73. The van der Waals surface area contributed by atoms with Crippen LogP contribution >= 0.6 is 0 Å². The quantitative estimate of drug-likeness (QED) is 0.439. The fraction of sp³-hybridized carbons (Fsp3) is 0.652. The van der Waals surface area contributed by atoms with Crippen LogP contribution in [0.1, 0.15) is 64.6 Å². The van der Waals surface area contributed by atoms with Gasteiger partial charge >= 0.3 is 12.1 Å². The fourth-order valence-corrected chi connectivity index (χ4v) is 3.35. The number of carbonyl (C=O) groups is 3. The Morgan fingerprint density at radius 2 is 2.00 bits per heavy atom. The smallest absolute Gasteiger partial charge is 0.416 e. The summed E-state index contributed by atoms with van der Waals surface area (Å²) in [6.45, 7) is 8.15. The van der Waals surface area contributed by atoms with E-state index >= 15 is 0 Å². The van der Waals surface area contributed by atoms with Gasteiger partial charge in [0.1, 0.15) is 17.5 Å². The average molecular weight is 449 g/mol. The highest BCUT2D eigenvalue weighted by Crippen LogP contribution is 2.27. The summed E-state index contributed by atoms with van der Waals surface area (Å²) >= 11 is 0. The number of esters is 1. The Kier molecular flexibility index (Phi) is 9.43. The first kappa shape index (κ1) is 25.6. The van der Waals surface area contributed by atoms with Crippen molar-refractivity contribution in [2.75, 3.05) is 24.6 Å². The van der Waals surface area contributed by atoms with Gasteiger partial charge in [0.2, 0.25) is 5.91 Å². The van der Waals surface area contributed by atoms with Crippen LogP contribution in [0.2, 0.25) is 0 Å². The van der Waals surface area contributed by atoms with Crippen LogP contribution < -0.4 is 16.0 Å². The maximum Gasteiger partial charge on any atom is 0.416 e. The van der Waals surface area contributed by atoms with Gasteiger partial charge in [-0.1, -0.05) is 6.07 Å². The van der Waals surface area contributed by atoms with Crippen molar-refractivity contribution in [1.29, 1.82) is 0 Å². The van der Waals surface area contributed by atoms with Crippen LogP contribution in [-0.4, -0.2) is 54.3 Å². The molecular weight excluding hydrogens is 412 g/mol. The minimum Gasteiger partial charge on any atom is -0.465 e. The van der Waals surface area contributed by atoms with Crippen molar-refractivity contribution >= 4 is 23.8 Å². The van der Waals surface area contributed by atoms with E-state index in [9.17, 15) is 14.4 Å². The van der Waals surface area contributed by atoms with Crippen LogP contribution in [0, 0.1) is 0 Å². The number of pyridine rings is 1. The van der Waals surface area contributed by atoms with E-state index in [1.807, 2.05) is 32.9 Å². The van der Waals surface area contributed by atoms with E-state index < -0.39 is 17.6 Å². The molecule has 0 radical (unpaired) electrons. The Balaban J connectivity index is 1.82. The predicted molar refractivity (Wildman–Crippen MR) is 121 cm³/mol. The molecule has 3 N–H and O–H groups in total. The van der Waals surface area contributed by atoms with Crippen LogP contribution in [0.3, 0.4) is 0 Å². The lowest BCUT2D eigenvalue weighted by molar-refractivity contribution is -0.144.